The molecule has 0 amide bonds. The molecule has 2 rings (SSSR count). The third-order valence-electron chi connectivity index (χ3n) is 2.87. The lowest BCUT2D eigenvalue weighted by molar-refractivity contribution is 0.198. The lowest BCUT2D eigenvalue weighted by Gasteiger charge is -2.07. The number of hydrogen-bond acceptors (Lipinski definition) is 2. The normalized spacial score (nSPS) is 12.4. The third-order valence-corrected chi connectivity index (χ3v) is 2.87. The van der Waals surface area contributed by atoms with Crippen molar-refractivity contribution >= 4 is 0 Å². The predicted molar refractivity (Wildman–Crippen MR) is 67.2 cm³/mol. The number of benzene rings is 1. The van der Waals surface area contributed by atoms with E-state index in [0.717, 1.165) is 23.3 Å². The molecule has 0 spiro atoms. The van der Waals surface area contributed by atoms with Crippen molar-refractivity contribution < 1.29 is 9.84 Å². The van der Waals surface area contributed by atoms with E-state index in [4.69, 9.17) is 4.74 Å². The lowest BCUT2D eigenvalue weighted by atomic mass is 10.0. The molecule has 2 N–H and O–H groups in total. The number of aromatic amines is 1. The molecule has 0 aliphatic heterocycles. The fourth-order valence-electron chi connectivity index (χ4n) is 1.91. The second kappa shape index (κ2) is 5.06. The first-order valence-corrected chi connectivity index (χ1v) is 5.67. The third kappa shape index (κ3) is 2.68. The second-order valence-electron chi connectivity index (χ2n) is 4.14. The zero-order valence-corrected chi connectivity index (χ0v) is 10.1. The van der Waals surface area contributed by atoms with Crippen LogP contribution < -0.4 is 4.74 Å². The van der Waals surface area contributed by atoms with E-state index in [9.17, 15) is 5.11 Å². The van der Waals surface area contributed by atoms with Gasteiger partial charge in [0.25, 0.3) is 0 Å². The molecule has 3 nitrogen and oxygen atoms in total. The summed E-state index contributed by atoms with van der Waals surface area (Å²) in [5.74, 6) is 0.860. The standard InChI is InChI=1S/C14H17NO2/c1-10(16)14-9-15-8-12(14)7-11-3-5-13(17-2)6-4-11/h3-6,8-10,15-16H,7H2,1-2H3/t10-/m1/s1. The molecule has 1 heterocycles. The summed E-state index contributed by atoms with van der Waals surface area (Å²) in [7, 11) is 1.66. The summed E-state index contributed by atoms with van der Waals surface area (Å²) in [6.07, 6.45) is 4.17. The first-order valence-electron chi connectivity index (χ1n) is 5.67. The van der Waals surface area contributed by atoms with Crippen LogP contribution in [0.2, 0.25) is 0 Å². The molecule has 0 bridgehead atoms. The van der Waals surface area contributed by atoms with E-state index in [1.165, 1.54) is 5.56 Å². The molecule has 0 unspecified atom stereocenters. The Balaban J connectivity index is 2.16. The molecular formula is C14H17NO2. The Hall–Kier alpha value is -1.74. The van der Waals surface area contributed by atoms with Crippen molar-refractivity contribution in [2.75, 3.05) is 7.11 Å². The molecule has 0 aliphatic carbocycles. The van der Waals surface area contributed by atoms with Gasteiger partial charge in [0.2, 0.25) is 0 Å². The van der Waals surface area contributed by atoms with Gasteiger partial charge < -0.3 is 14.8 Å². The Kier molecular flexibility index (Phi) is 3.49. The first-order chi connectivity index (χ1) is 8.20. The molecule has 3 heteroatoms. The van der Waals surface area contributed by atoms with Crippen molar-refractivity contribution in [1.82, 2.24) is 4.98 Å². The van der Waals surface area contributed by atoms with Crippen LogP contribution in [0.4, 0.5) is 0 Å². The average Bonchev–Trinajstić information content (AvgIpc) is 2.78. The van der Waals surface area contributed by atoms with E-state index < -0.39 is 6.10 Å². The minimum absolute atomic E-state index is 0.436. The molecule has 0 radical (unpaired) electrons. The zero-order valence-electron chi connectivity index (χ0n) is 10.1. The minimum atomic E-state index is -0.436. The van der Waals surface area contributed by atoms with Gasteiger partial charge in [0.05, 0.1) is 13.2 Å². The minimum Gasteiger partial charge on any atom is -0.497 e. The summed E-state index contributed by atoms with van der Waals surface area (Å²) in [5.41, 5.74) is 3.29. The largest absolute Gasteiger partial charge is 0.497 e. The number of aliphatic hydroxyl groups excluding tert-OH is 1. The van der Waals surface area contributed by atoms with Gasteiger partial charge in [-0.2, -0.15) is 0 Å². The van der Waals surface area contributed by atoms with Gasteiger partial charge >= 0.3 is 0 Å². The highest BCUT2D eigenvalue weighted by atomic mass is 16.5. The van der Waals surface area contributed by atoms with Crippen molar-refractivity contribution in [2.24, 2.45) is 0 Å². The predicted octanol–water partition coefficient (Wildman–Crippen LogP) is 2.67. The summed E-state index contributed by atoms with van der Waals surface area (Å²) in [4.78, 5) is 3.04. The molecule has 1 aromatic carbocycles. The molecule has 1 aromatic heterocycles. The second-order valence-corrected chi connectivity index (χ2v) is 4.14. The van der Waals surface area contributed by atoms with Gasteiger partial charge in [0.15, 0.2) is 0 Å². The van der Waals surface area contributed by atoms with Crippen LogP contribution in [0.1, 0.15) is 29.7 Å². The van der Waals surface area contributed by atoms with Crippen LogP contribution >= 0.6 is 0 Å². The zero-order chi connectivity index (χ0) is 12.3. The van der Waals surface area contributed by atoms with Crippen molar-refractivity contribution in [1.29, 1.82) is 0 Å². The average molecular weight is 231 g/mol. The van der Waals surface area contributed by atoms with Crippen molar-refractivity contribution in [3.8, 4) is 5.75 Å². The number of aromatic nitrogens is 1. The molecule has 0 aliphatic rings. The first kappa shape index (κ1) is 11.7. The van der Waals surface area contributed by atoms with Gasteiger partial charge in [-0.05, 0) is 36.6 Å². The number of aliphatic hydroxyl groups is 1. The summed E-state index contributed by atoms with van der Waals surface area (Å²) in [6.45, 7) is 1.78. The van der Waals surface area contributed by atoms with E-state index >= 15 is 0 Å². The number of rotatable bonds is 4. The maximum atomic E-state index is 9.61. The molecule has 0 fully saturated rings. The van der Waals surface area contributed by atoms with Gasteiger partial charge in [-0.25, -0.2) is 0 Å². The van der Waals surface area contributed by atoms with Gasteiger partial charge in [-0.3, -0.25) is 0 Å². The van der Waals surface area contributed by atoms with Crippen LogP contribution in [0.3, 0.4) is 0 Å². The van der Waals surface area contributed by atoms with Crippen LogP contribution in [-0.4, -0.2) is 17.2 Å². The highest BCUT2D eigenvalue weighted by molar-refractivity contribution is 5.34. The monoisotopic (exact) mass is 231 g/mol. The molecular weight excluding hydrogens is 214 g/mol. The maximum absolute atomic E-state index is 9.61. The van der Waals surface area contributed by atoms with Crippen molar-refractivity contribution in [3.63, 3.8) is 0 Å². The molecule has 0 saturated carbocycles. The Morgan fingerprint density at radius 1 is 1.24 bits per heavy atom. The number of H-pyrrole nitrogens is 1. The Labute approximate surface area is 101 Å². The van der Waals surface area contributed by atoms with Gasteiger partial charge in [0.1, 0.15) is 5.75 Å². The Morgan fingerprint density at radius 3 is 2.53 bits per heavy atom. The van der Waals surface area contributed by atoms with Gasteiger partial charge in [0, 0.05) is 18.0 Å². The Morgan fingerprint density at radius 2 is 1.94 bits per heavy atom. The molecule has 1 atom stereocenters. The maximum Gasteiger partial charge on any atom is 0.118 e. The van der Waals surface area contributed by atoms with Crippen LogP contribution in [0, 0.1) is 0 Å². The topological polar surface area (TPSA) is 45.2 Å². The number of hydrogen-bond donors (Lipinski definition) is 2. The molecule has 17 heavy (non-hydrogen) atoms. The van der Waals surface area contributed by atoms with E-state index in [1.807, 2.05) is 36.7 Å². The van der Waals surface area contributed by atoms with Crippen LogP contribution in [0.25, 0.3) is 0 Å². The number of nitrogens with one attached hydrogen (secondary N) is 1. The highest BCUT2D eigenvalue weighted by Crippen LogP contribution is 2.21. The number of ether oxygens (including phenoxy) is 1. The summed E-state index contributed by atoms with van der Waals surface area (Å²) in [5, 5.41) is 9.61. The summed E-state index contributed by atoms with van der Waals surface area (Å²) in [6, 6.07) is 7.98. The van der Waals surface area contributed by atoms with E-state index in [0.29, 0.717) is 0 Å². The number of methoxy groups -OCH3 is 1. The smallest absolute Gasteiger partial charge is 0.118 e. The summed E-state index contributed by atoms with van der Waals surface area (Å²) < 4.78 is 5.12. The molecule has 90 valence electrons. The highest BCUT2D eigenvalue weighted by Gasteiger charge is 2.09. The molecule has 2 aromatic rings. The Bertz CT molecular complexity index is 471. The van der Waals surface area contributed by atoms with Crippen molar-refractivity contribution in [2.45, 2.75) is 19.4 Å². The van der Waals surface area contributed by atoms with E-state index in [2.05, 4.69) is 4.98 Å². The van der Waals surface area contributed by atoms with Crippen LogP contribution in [0.15, 0.2) is 36.7 Å². The fraction of sp³-hybridized carbons (Fsp3) is 0.286. The van der Waals surface area contributed by atoms with Crippen molar-refractivity contribution in [3.05, 3.63) is 53.3 Å². The van der Waals surface area contributed by atoms with Gasteiger partial charge in [-0.1, -0.05) is 12.1 Å². The quantitative estimate of drug-likeness (QED) is 0.849. The fourth-order valence-corrected chi connectivity index (χ4v) is 1.91. The van der Waals surface area contributed by atoms with E-state index in [-0.39, 0.29) is 0 Å². The summed E-state index contributed by atoms with van der Waals surface area (Å²) >= 11 is 0. The molecule has 0 saturated heterocycles. The van der Waals surface area contributed by atoms with E-state index in [1.54, 1.807) is 14.0 Å². The van der Waals surface area contributed by atoms with Crippen LogP contribution in [0.5, 0.6) is 5.75 Å². The van der Waals surface area contributed by atoms with Crippen LogP contribution in [-0.2, 0) is 6.42 Å². The van der Waals surface area contributed by atoms with Gasteiger partial charge in [-0.15, -0.1) is 0 Å². The lowest BCUT2D eigenvalue weighted by Crippen LogP contribution is -1.95. The SMILES string of the molecule is COc1ccc(Cc2c[nH]cc2[C@@H](C)O)cc1.